The van der Waals surface area contributed by atoms with E-state index in [1.807, 2.05) is 6.07 Å². The number of pyridine rings is 1. The molecule has 6 nitrogen and oxygen atoms in total. The van der Waals surface area contributed by atoms with Gasteiger partial charge < -0.3 is 9.84 Å². The van der Waals surface area contributed by atoms with Gasteiger partial charge in [-0.2, -0.15) is 10.2 Å². The molecule has 2 aromatic rings. The molecule has 6 heteroatoms. The third-order valence-corrected chi connectivity index (χ3v) is 1.95. The number of anilines is 1. The molecule has 0 amide bonds. The first-order chi connectivity index (χ1) is 7.88. The van der Waals surface area contributed by atoms with Crippen LogP contribution in [0.5, 0.6) is 0 Å². The number of rotatable bonds is 4. The second-order valence-electron chi connectivity index (χ2n) is 3.07. The van der Waals surface area contributed by atoms with Crippen LogP contribution in [-0.4, -0.2) is 21.7 Å². The number of nitrogens with one attached hydrogen (secondary N) is 1. The number of nitrogens with zero attached hydrogens (tertiary/aromatic N) is 4. The molecule has 1 N–H and O–H groups in total. The molecule has 0 bridgehead atoms. The molecule has 0 aliphatic heterocycles. The number of hydrogen-bond donors (Lipinski definition) is 1. The fraction of sp³-hybridized carbons (Fsp3) is 0.200. The zero-order valence-corrected chi connectivity index (χ0v) is 8.42. The summed E-state index contributed by atoms with van der Waals surface area (Å²) in [5.74, 6) is 1.38. The van der Waals surface area contributed by atoms with Crippen LogP contribution in [0.2, 0.25) is 0 Å². The molecule has 0 fully saturated rings. The second kappa shape index (κ2) is 4.89. The lowest BCUT2D eigenvalue weighted by Gasteiger charge is -2.02. The van der Waals surface area contributed by atoms with Crippen LogP contribution in [0.4, 0.5) is 5.82 Å². The minimum atomic E-state index is 0.545. The van der Waals surface area contributed by atoms with Crippen molar-refractivity contribution >= 4 is 5.82 Å². The quantitative estimate of drug-likeness (QED) is 0.818. The van der Waals surface area contributed by atoms with E-state index in [1.165, 1.54) is 12.6 Å². The second-order valence-corrected chi connectivity index (χ2v) is 3.07. The van der Waals surface area contributed by atoms with Gasteiger partial charge in [0.2, 0.25) is 6.39 Å². The van der Waals surface area contributed by atoms with Crippen molar-refractivity contribution in [2.24, 2.45) is 0 Å². The summed E-state index contributed by atoms with van der Waals surface area (Å²) in [5, 5.41) is 15.4. The van der Waals surface area contributed by atoms with Gasteiger partial charge in [-0.1, -0.05) is 5.16 Å². The smallest absolute Gasteiger partial charge is 0.213 e. The van der Waals surface area contributed by atoms with Crippen molar-refractivity contribution in [3.05, 3.63) is 36.1 Å². The number of nitriles is 1. The van der Waals surface area contributed by atoms with E-state index in [9.17, 15) is 0 Å². The van der Waals surface area contributed by atoms with Gasteiger partial charge in [0.05, 0.1) is 5.56 Å². The fourth-order valence-corrected chi connectivity index (χ4v) is 1.17. The standard InChI is InChI=1S/C10H9N5O/c11-5-8-1-2-9(13-6-8)12-4-3-10-14-7-16-15-10/h1-2,6-7H,3-4H2,(H,12,13). The highest BCUT2D eigenvalue weighted by Crippen LogP contribution is 2.03. The predicted molar refractivity (Wildman–Crippen MR) is 55.4 cm³/mol. The Morgan fingerprint density at radius 2 is 2.31 bits per heavy atom. The van der Waals surface area contributed by atoms with E-state index in [0.29, 0.717) is 24.4 Å². The highest BCUT2D eigenvalue weighted by atomic mass is 16.5. The Labute approximate surface area is 91.9 Å². The van der Waals surface area contributed by atoms with Gasteiger partial charge in [-0.25, -0.2) is 4.98 Å². The monoisotopic (exact) mass is 215 g/mol. The number of aromatic nitrogens is 3. The van der Waals surface area contributed by atoms with Crippen molar-refractivity contribution < 1.29 is 4.52 Å². The van der Waals surface area contributed by atoms with Crippen molar-refractivity contribution in [1.82, 2.24) is 15.1 Å². The SMILES string of the molecule is N#Cc1ccc(NCCc2ncon2)nc1. The summed E-state index contributed by atoms with van der Waals surface area (Å²) in [4.78, 5) is 7.96. The Bertz CT molecular complexity index is 471. The van der Waals surface area contributed by atoms with Crippen molar-refractivity contribution in [2.45, 2.75) is 6.42 Å². The van der Waals surface area contributed by atoms with Gasteiger partial charge >= 0.3 is 0 Å². The summed E-state index contributed by atoms with van der Waals surface area (Å²) < 4.78 is 4.61. The van der Waals surface area contributed by atoms with Crippen molar-refractivity contribution in [3.8, 4) is 6.07 Å². The first kappa shape index (κ1) is 10.1. The molecule has 80 valence electrons. The molecule has 0 aliphatic carbocycles. The highest BCUT2D eigenvalue weighted by Gasteiger charge is 1.98. The zero-order valence-electron chi connectivity index (χ0n) is 8.42. The molecular formula is C10H9N5O. The average molecular weight is 215 g/mol. The molecular weight excluding hydrogens is 206 g/mol. The molecule has 0 spiro atoms. The maximum Gasteiger partial charge on any atom is 0.213 e. The Balaban J connectivity index is 1.83. The van der Waals surface area contributed by atoms with Crippen LogP contribution in [0.15, 0.2) is 29.2 Å². The molecule has 2 rings (SSSR count). The maximum absolute atomic E-state index is 8.59. The lowest BCUT2D eigenvalue weighted by molar-refractivity contribution is 0.410. The van der Waals surface area contributed by atoms with Gasteiger partial charge in [-0.15, -0.1) is 0 Å². The molecule has 0 aliphatic rings. The summed E-state index contributed by atoms with van der Waals surface area (Å²) in [6.07, 6.45) is 3.49. The Morgan fingerprint density at radius 1 is 1.38 bits per heavy atom. The van der Waals surface area contributed by atoms with Gasteiger partial charge in [0, 0.05) is 19.2 Å². The third-order valence-electron chi connectivity index (χ3n) is 1.95. The Morgan fingerprint density at radius 3 is 2.94 bits per heavy atom. The van der Waals surface area contributed by atoms with Gasteiger partial charge in [0.1, 0.15) is 11.9 Å². The third kappa shape index (κ3) is 2.54. The molecule has 0 atom stereocenters. The summed E-state index contributed by atoms with van der Waals surface area (Å²) in [7, 11) is 0. The van der Waals surface area contributed by atoms with E-state index in [1.54, 1.807) is 12.1 Å². The molecule has 0 saturated heterocycles. The minimum Gasteiger partial charge on any atom is -0.370 e. The first-order valence-corrected chi connectivity index (χ1v) is 4.74. The van der Waals surface area contributed by atoms with Crippen LogP contribution in [0.3, 0.4) is 0 Å². The number of hydrogen-bond acceptors (Lipinski definition) is 6. The van der Waals surface area contributed by atoms with E-state index in [2.05, 4.69) is 25.0 Å². The van der Waals surface area contributed by atoms with E-state index >= 15 is 0 Å². The lowest BCUT2D eigenvalue weighted by atomic mass is 10.3. The summed E-state index contributed by atoms with van der Waals surface area (Å²) >= 11 is 0. The molecule has 16 heavy (non-hydrogen) atoms. The van der Waals surface area contributed by atoms with Crippen molar-refractivity contribution in [1.29, 1.82) is 5.26 Å². The zero-order chi connectivity index (χ0) is 11.2. The first-order valence-electron chi connectivity index (χ1n) is 4.74. The minimum absolute atomic E-state index is 0.545. The summed E-state index contributed by atoms with van der Waals surface area (Å²) in [6.45, 7) is 0.665. The van der Waals surface area contributed by atoms with E-state index in [0.717, 1.165) is 5.82 Å². The topological polar surface area (TPSA) is 87.6 Å². The summed E-state index contributed by atoms with van der Waals surface area (Å²) in [5.41, 5.74) is 0.545. The van der Waals surface area contributed by atoms with Gasteiger partial charge in [0.25, 0.3) is 0 Å². The fourth-order valence-electron chi connectivity index (χ4n) is 1.17. The molecule has 2 heterocycles. The van der Waals surface area contributed by atoms with Crippen molar-refractivity contribution in [3.63, 3.8) is 0 Å². The van der Waals surface area contributed by atoms with Crippen LogP contribution >= 0.6 is 0 Å². The van der Waals surface area contributed by atoms with Crippen LogP contribution in [-0.2, 0) is 6.42 Å². The maximum atomic E-state index is 8.59. The predicted octanol–water partition coefficient (Wildman–Crippen LogP) is 0.991. The normalized spacial score (nSPS) is 9.69. The molecule has 0 unspecified atom stereocenters. The van der Waals surface area contributed by atoms with E-state index in [4.69, 9.17) is 5.26 Å². The van der Waals surface area contributed by atoms with Crippen LogP contribution in [0, 0.1) is 11.3 Å². The van der Waals surface area contributed by atoms with Crippen LogP contribution in [0.1, 0.15) is 11.4 Å². The van der Waals surface area contributed by atoms with Gasteiger partial charge in [-0.05, 0) is 12.1 Å². The Kier molecular flexibility index (Phi) is 3.09. The molecule has 0 saturated carbocycles. The largest absolute Gasteiger partial charge is 0.370 e. The molecule has 0 aromatic carbocycles. The summed E-state index contributed by atoms with van der Waals surface area (Å²) in [6, 6.07) is 5.48. The molecule has 0 radical (unpaired) electrons. The van der Waals surface area contributed by atoms with Gasteiger partial charge in [-0.3, -0.25) is 0 Å². The average Bonchev–Trinajstić information content (AvgIpc) is 2.83. The van der Waals surface area contributed by atoms with Crippen LogP contribution < -0.4 is 5.32 Å². The van der Waals surface area contributed by atoms with E-state index < -0.39 is 0 Å². The van der Waals surface area contributed by atoms with Crippen molar-refractivity contribution in [2.75, 3.05) is 11.9 Å². The highest BCUT2D eigenvalue weighted by molar-refractivity contribution is 5.38. The Hall–Kier alpha value is -2.42. The lowest BCUT2D eigenvalue weighted by Crippen LogP contribution is -2.07. The van der Waals surface area contributed by atoms with Crippen LogP contribution in [0.25, 0.3) is 0 Å². The van der Waals surface area contributed by atoms with Gasteiger partial charge in [0.15, 0.2) is 5.82 Å². The van der Waals surface area contributed by atoms with E-state index in [-0.39, 0.29) is 0 Å². The molecule has 2 aromatic heterocycles.